The number of hydrogen-bond donors (Lipinski definition) is 0. The van der Waals surface area contributed by atoms with Gasteiger partial charge in [0.15, 0.2) is 11.2 Å². The van der Waals surface area contributed by atoms with Crippen LogP contribution in [0.15, 0.2) is 162 Å². The van der Waals surface area contributed by atoms with E-state index in [1.54, 1.807) is 6.20 Å². The average molecular weight is 646 g/mol. The van der Waals surface area contributed by atoms with Gasteiger partial charge in [0.25, 0.3) is 0 Å². The molecule has 9 aromatic rings. The highest BCUT2D eigenvalue weighted by molar-refractivity contribution is 5.99. The van der Waals surface area contributed by atoms with E-state index in [1.165, 1.54) is 44.5 Å². The Morgan fingerprint density at radius 2 is 1.04 bits per heavy atom. The highest BCUT2D eigenvalue weighted by Crippen LogP contribution is 2.45. The minimum absolute atomic E-state index is 0.134. The lowest BCUT2D eigenvalue weighted by molar-refractivity contribution is 0.589. The molecule has 0 saturated heterocycles. The summed E-state index contributed by atoms with van der Waals surface area (Å²) in [6, 6.07) is 54.2. The number of oxazole rings is 1. The van der Waals surface area contributed by atoms with Gasteiger partial charge in [0.1, 0.15) is 0 Å². The van der Waals surface area contributed by atoms with Crippen LogP contribution in [0.4, 0.5) is 0 Å². The zero-order valence-corrected chi connectivity index (χ0v) is 28.3. The summed E-state index contributed by atoms with van der Waals surface area (Å²) in [5.41, 5.74) is 16.1. The van der Waals surface area contributed by atoms with Crippen molar-refractivity contribution in [2.24, 2.45) is 0 Å². The van der Waals surface area contributed by atoms with Crippen LogP contribution in [-0.2, 0) is 5.41 Å². The molecule has 3 heterocycles. The zero-order valence-electron chi connectivity index (χ0n) is 28.3. The molecular weight excluding hydrogens is 611 g/mol. The van der Waals surface area contributed by atoms with E-state index in [2.05, 4.69) is 170 Å². The molecule has 0 radical (unpaired) electrons. The number of nitrogens with zero attached hydrogens (tertiary/aromatic N) is 3. The number of hydrogen-bond acceptors (Lipinski definition) is 3. The topological polar surface area (TPSA) is 43.3 Å². The van der Waals surface area contributed by atoms with Crippen LogP contribution in [0.25, 0.3) is 83.7 Å². The van der Waals surface area contributed by atoms with E-state index in [0.29, 0.717) is 11.5 Å². The average Bonchev–Trinajstić information content (AvgIpc) is 3.71. The van der Waals surface area contributed by atoms with Crippen LogP contribution in [0, 0.1) is 0 Å². The molecule has 0 aliphatic rings. The molecule has 240 valence electrons. The lowest BCUT2D eigenvalue weighted by atomic mass is 9.80. The standard InChI is InChI=1S/C46H35N3O/c1-46(2,3)39-24-25-40-43(50-45-48-44-41(49(40)45)23-14-26-47-44)42(39)34-22-13-21-33(27-34)38-29-36(31-17-9-5-10-18-31)35(30-15-7-4-8-16-30)28-37(38)32-19-11-6-12-20-32/h4-29H,1-3H3. The number of benzene rings is 6. The third-order valence-corrected chi connectivity index (χ3v) is 9.65. The Balaban J connectivity index is 1.32. The molecule has 0 aliphatic carbocycles. The van der Waals surface area contributed by atoms with Crippen LogP contribution in [0.3, 0.4) is 0 Å². The molecule has 0 bridgehead atoms. The Hall–Kier alpha value is -6.26. The van der Waals surface area contributed by atoms with Gasteiger partial charge in [-0.05, 0) is 97.4 Å². The van der Waals surface area contributed by atoms with Crippen molar-refractivity contribution in [3.8, 4) is 55.6 Å². The second-order valence-corrected chi connectivity index (χ2v) is 13.9. The minimum atomic E-state index is -0.134. The van der Waals surface area contributed by atoms with E-state index in [0.717, 1.165) is 33.3 Å². The van der Waals surface area contributed by atoms with E-state index in [4.69, 9.17) is 9.40 Å². The maximum absolute atomic E-state index is 6.65. The number of aromatic nitrogens is 3. The molecule has 0 spiro atoms. The summed E-state index contributed by atoms with van der Waals surface area (Å²) in [6.45, 7) is 6.78. The van der Waals surface area contributed by atoms with Crippen LogP contribution in [-0.4, -0.2) is 14.4 Å². The smallest absolute Gasteiger partial charge is 0.309 e. The first kappa shape index (κ1) is 29.8. The first-order chi connectivity index (χ1) is 24.4. The van der Waals surface area contributed by atoms with Crippen molar-refractivity contribution in [3.63, 3.8) is 0 Å². The minimum Gasteiger partial charge on any atom is -0.422 e. The second-order valence-electron chi connectivity index (χ2n) is 13.9. The van der Waals surface area contributed by atoms with Gasteiger partial charge < -0.3 is 4.42 Å². The molecule has 3 aromatic heterocycles. The van der Waals surface area contributed by atoms with Crippen molar-refractivity contribution in [1.29, 1.82) is 0 Å². The summed E-state index contributed by atoms with van der Waals surface area (Å²) in [7, 11) is 0. The monoisotopic (exact) mass is 645 g/mol. The fourth-order valence-corrected chi connectivity index (χ4v) is 7.30. The highest BCUT2D eigenvalue weighted by Gasteiger charge is 2.26. The van der Waals surface area contributed by atoms with Crippen molar-refractivity contribution < 1.29 is 4.42 Å². The molecule has 0 N–H and O–H groups in total. The molecule has 0 saturated carbocycles. The Morgan fingerprint density at radius 3 is 1.62 bits per heavy atom. The van der Waals surface area contributed by atoms with Gasteiger partial charge in [-0.25, -0.2) is 4.98 Å². The normalized spacial score (nSPS) is 11.9. The molecule has 0 fully saturated rings. The lowest BCUT2D eigenvalue weighted by Crippen LogP contribution is -2.13. The Kier molecular flexibility index (Phi) is 6.99. The maximum atomic E-state index is 6.65. The van der Waals surface area contributed by atoms with Gasteiger partial charge >= 0.3 is 5.84 Å². The maximum Gasteiger partial charge on any atom is 0.309 e. The number of rotatable bonds is 5. The summed E-state index contributed by atoms with van der Waals surface area (Å²) in [5.74, 6) is 0.549. The quantitative estimate of drug-likeness (QED) is 0.187. The summed E-state index contributed by atoms with van der Waals surface area (Å²) < 4.78 is 8.73. The predicted octanol–water partition coefficient (Wildman–Crippen LogP) is 12.3. The molecule has 9 rings (SSSR count). The molecule has 0 unspecified atom stereocenters. The van der Waals surface area contributed by atoms with Gasteiger partial charge in [-0.1, -0.05) is 136 Å². The van der Waals surface area contributed by atoms with Gasteiger partial charge in [-0.2, -0.15) is 4.98 Å². The van der Waals surface area contributed by atoms with E-state index in [9.17, 15) is 0 Å². The first-order valence-corrected chi connectivity index (χ1v) is 17.1. The molecule has 0 atom stereocenters. The van der Waals surface area contributed by atoms with Gasteiger partial charge in [0.2, 0.25) is 0 Å². The van der Waals surface area contributed by atoms with Crippen LogP contribution in [0.1, 0.15) is 26.3 Å². The van der Waals surface area contributed by atoms with Crippen LogP contribution < -0.4 is 0 Å². The van der Waals surface area contributed by atoms with E-state index < -0.39 is 0 Å². The molecule has 0 aliphatic heterocycles. The molecule has 4 nitrogen and oxygen atoms in total. The fourth-order valence-electron chi connectivity index (χ4n) is 7.30. The molecule has 0 amide bonds. The largest absolute Gasteiger partial charge is 0.422 e. The number of pyridine rings is 1. The molecule has 4 heteroatoms. The van der Waals surface area contributed by atoms with Gasteiger partial charge in [0, 0.05) is 11.8 Å². The van der Waals surface area contributed by atoms with Crippen LogP contribution in [0.2, 0.25) is 0 Å². The van der Waals surface area contributed by atoms with Crippen molar-refractivity contribution in [1.82, 2.24) is 14.4 Å². The van der Waals surface area contributed by atoms with E-state index in [1.807, 2.05) is 12.1 Å². The predicted molar refractivity (Wildman–Crippen MR) is 206 cm³/mol. The SMILES string of the molecule is CC(C)(C)c1ccc2c(oc3nc4ncccc4n32)c1-c1cccc(-c2cc(-c3ccccc3)c(-c3ccccc3)cc2-c2ccccc2)c1. The second kappa shape index (κ2) is 11.7. The third-order valence-electron chi connectivity index (χ3n) is 9.65. The molecule has 6 aromatic carbocycles. The Labute approximate surface area is 291 Å². The molecule has 50 heavy (non-hydrogen) atoms. The number of fused-ring (bicyclic) bond motifs is 5. The highest BCUT2D eigenvalue weighted by atomic mass is 16.4. The summed E-state index contributed by atoms with van der Waals surface area (Å²) in [4.78, 5) is 9.22. The lowest BCUT2D eigenvalue weighted by Gasteiger charge is -2.24. The van der Waals surface area contributed by atoms with E-state index in [-0.39, 0.29) is 5.41 Å². The number of imidazole rings is 1. The van der Waals surface area contributed by atoms with Crippen molar-refractivity contribution in [3.05, 3.63) is 163 Å². The van der Waals surface area contributed by atoms with Crippen LogP contribution >= 0.6 is 0 Å². The van der Waals surface area contributed by atoms with Crippen molar-refractivity contribution >= 4 is 28.1 Å². The molecular formula is C46H35N3O. The zero-order chi connectivity index (χ0) is 33.8. The van der Waals surface area contributed by atoms with Gasteiger partial charge in [-0.15, -0.1) is 0 Å². The Morgan fingerprint density at radius 1 is 0.500 bits per heavy atom. The first-order valence-electron chi connectivity index (χ1n) is 17.1. The van der Waals surface area contributed by atoms with Crippen molar-refractivity contribution in [2.75, 3.05) is 0 Å². The summed E-state index contributed by atoms with van der Waals surface area (Å²) in [6.07, 6.45) is 1.77. The van der Waals surface area contributed by atoms with Gasteiger partial charge in [-0.3, -0.25) is 4.40 Å². The van der Waals surface area contributed by atoms with Gasteiger partial charge in [0.05, 0.1) is 11.0 Å². The third kappa shape index (κ3) is 5.00. The summed E-state index contributed by atoms with van der Waals surface area (Å²) >= 11 is 0. The Bertz CT molecular complexity index is 2660. The van der Waals surface area contributed by atoms with Crippen molar-refractivity contribution in [2.45, 2.75) is 26.2 Å². The summed E-state index contributed by atoms with van der Waals surface area (Å²) in [5, 5.41) is 0. The van der Waals surface area contributed by atoms with Crippen LogP contribution in [0.5, 0.6) is 0 Å². The van der Waals surface area contributed by atoms with E-state index >= 15 is 0 Å². The fraction of sp³-hybridized carbons (Fsp3) is 0.0870.